The summed E-state index contributed by atoms with van der Waals surface area (Å²) in [5.41, 5.74) is 0.859. The Bertz CT molecular complexity index is 508. The van der Waals surface area contributed by atoms with Crippen LogP contribution in [-0.2, 0) is 11.3 Å². The van der Waals surface area contributed by atoms with E-state index in [2.05, 4.69) is 10.6 Å². The average Bonchev–Trinajstić information content (AvgIpc) is 2.40. The number of hydrogen-bond acceptors (Lipinski definition) is 3. The number of halogens is 2. The molecule has 1 atom stereocenters. The van der Waals surface area contributed by atoms with Crippen molar-refractivity contribution in [3.05, 3.63) is 33.8 Å². The summed E-state index contributed by atoms with van der Waals surface area (Å²) in [7, 11) is 3.23. The highest BCUT2D eigenvalue weighted by Gasteiger charge is 2.20. The zero-order valence-corrected chi connectivity index (χ0v) is 13.0. The van der Waals surface area contributed by atoms with Crippen molar-refractivity contribution in [2.24, 2.45) is 0 Å². The van der Waals surface area contributed by atoms with Gasteiger partial charge < -0.3 is 5.32 Å². The number of rotatable bonds is 4. The van der Waals surface area contributed by atoms with Gasteiger partial charge in [-0.25, -0.2) is 4.79 Å². The molecule has 0 bridgehead atoms. The molecule has 1 rings (SSSR count). The van der Waals surface area contributed by atoms with Gasteiger partial charge in [-0.1, -0.05) is 29.3 Å². The maximum Gasteiger partial charge on any atom is 0.321 e. The fourth-order valence-electron chi connectivity index (χ4n) is 1.53. The third-order valence-electron chi connectivity index (χ3n) is 2.94. The summed E-state index contributed by atoms with van der Waals surface area (Å²) in [5, 5.41) is 5.67. The minimum absolute atomic E-state index is 0.378. The van der Waals surface area contributed by atoms with Crippen LogP contribution in [0.25, 0.3) is 0 Å². The zero-order valence-electron chi connectivity index (χ0n) is 11.5. The molecule has 0 radical (unpaired) electrons. The van der Waals surface area contributed by atoms with Crippen molar-refractivity contribution in [2.75, 3.05) is 14.1 Å². The minimum Gasteiger partial charge on any atom is -0.341 e. The van der Waals surface area contributed by atoms with E-state index in [1.807, 2.05) is 6.07 Å². The summed E-state index contributed by atoms with van der Waals surface area (Å²) in [6.07, 6.45) is 0. The fourth-order valence-corrected chi connectivity index (χ4v) is 2.00. The number of nitrogens with zero attached hydrogens (tertiary/aromatic N) is 1. The molecule has 0 aliphatic carbocycles. The second-order valence-corrected chi connectivity index (χ2v) is 5.24. The number of hydrogen-bond donors (Lipinski definition) is 2. The molecule has 0 fully saturated rings. The Morgan fingerprint density at radius 1 is 1.35 bits per heavy atom. The Kier molecular flexibility index (Phi) is 6.26. The van der Waals surface area contributed by atoms with E-state index in [0.717, 1.165) is 5.56 Å². The largest absolute Gasteiger partial charge is 0.341 e. The maximum absolute atomic E-state index is 11.8. The van der Waals surface area contributed by atoms with Crippen LogP contribution in [0.3, 0.4) is 0 Å². The Labute approximate surface area is 128 Å². The predicted molar refractivity (Wildman–Crippen MR) is 80.0 cm³/mol. The standard InChI is InChI=1S/C13H17Cl2N3O2/c1-8(12(19)17-13(20)16-2)18(3)7-9-4-5-10(14)6-11(9)15/h4-6,8H,7H2,1-3H3,(H2,16,17,19,20)/t8-/m0/s1. The predicted octanol–water partition coefficient (Wildman–Crippen LogP) is 2.27. The minimum atomic E-state index is -0.528. The monoisotopic (exact) mass is 317 g/mol. The Morgan fingerprint density at radius 2 is 2.00 bits per heavy atom. The highest BCUT2D eigenvalue weighted by atomic mass is 35.5. The van der Waals surface area contributed by atoms with Crippen molar-refractivity contribution in [3.63, 3.8) is 0 Å². The summed E-state index contributed by atoms with van der Waals surface area (Å²) in [5.74, 6) is -0.378. The molecule has 3 amide bonds. The van der Waals surface area contributed by atoms with Crippen LogP contribution in [0.4, 0.5) is 4.79 Å². The number of urea groups is 1. The van der Waals surface area contributed by atoms with Crippen molar-refractivity contribution >= 4 is 35.1 Å². The van der Waals surface area contributed by atoms with E-state index in [1.54, 1.807) is 31.0 Å². The molecule has 1 aromatic carbocycles. The maximum atomic E-state index is 11.8. The van der Waals surface area contributed by atoms with Crippen molar-refractivity contribution in [1.29, 1.82) is 0 Å². The zero-order chi connectivity index (χ0) is 15.3. The lowest BCUT2D eigenvalue weighted by Crippen LogP contribution is -2.47. The lowest BCUT2D eigenvalue weighted by atomic mass is 10.2. The highest BCUT2D eigenvalue weighted by Crippen LogP contribution is 2.22. The van der Waals surface area contributed by atoms with Crippen LogP contribution >= 0.6 is 23.2 Å². The van der Waals surface area contributed by atoms with E-state index < -0.39 is 12.1 Å². The molecule has 0 heterocycles. The van der Waals surface area contributed by atoms with Crippen molar-refractivity contribution in [1.82, 2.24) is 15.5 Å². The summed E-state index contributed by atoms with van der Waals surface area (Å²) in [6.45, 7) is 2.18. The second kappa shape index (κ2) is 7.47. The van der Waals surface area contributed by atoms with E-state index in [1.165, 1.54) is 7.05 Å². The molecule has 7 heteroatoms. The molecule has 5 nitrogen and oxygen atoms in total. The van der Waals surface area contributed by atoms with Gasteiger partial charge >= 0.3 is 6.03 Å². The molecule has 0 saturated carbocycles. The quantitative estimate of drug-likeness (QED) is 0.895. The topological polar surface area (TPSA) is 61.4 Å². The number of likely N-dealkylation sites (N-methyl/N-ethyl adjacent to an activating group) is 1. The van der Waals surface area contributed by atoms with Crippen LogP contribution in [0.2, 0.25) is 10.0 Å². The fraction of sp³-hybridized carbons (Fsp3) is 0.385. The van der Waals surface area contributed by atoms with Crippen molar-refractivity contribution in [3.8, 4) is 0 Å². The van der Waals surface area contributed by atoms with Gasteiger partial charge in [-0.05, 0) is 31.7 Å². The lowest BCUT2D eigenvalue weighted by Gasteiger charge is -2.24. The van der Waals surface area contributed by atoms with Crippen LogP contribution in [0.15, 0.2) is 18.2 Å². The van der Waals surface area contributed by atoms with Gasteiger partial charge in [0.1, 0.15) is 0 Å². The molecular weight excluding hydrogens is 301 g/mol. The number of carbonyl (C=O) groups is 2. The molecule has 0 aliphatic rings. The average molecular weight is 318 g/mol. The van der Waals surface area contributed by atoms with E-state index in [9.17, 15) is 9.59 Å². The van der Waals surface area contributed by atoms with Crippen LogP contribution in [-0.4, -0.2) is 37.0 Å². The molecule has 2 N–H and O–H groups in total. The third kappa shape index (κ3) is 4.67. The number of benzene rings is 1. The lowest BCUT2D eigenvalue weighted by molar-refractivity contribution is -0.124. The normalized spacial score (nSPS) is 12.1. The van der Waals surface area contributed by atoms with E-state index in [-0.39, 0.29) is 5.91 Å². The van der Waals surface area contributed by atoms with Gasteiger partial charge in [0.2, 0.25) is 5.91 Å². The molecule has 0 aliphatic heterocycles. The summed E-state index contributed by atoms with van der Waals surface area (Å²) < 4.78 is 0. The molecule has 20 heavy (non-hydrogen) atoms. The van der Waals surface area contributed by atoms with Crippen LogP contribution in [0, 0.1) is 0 Å². The molecular formula is C13H17Cl2N3O2. The first kappa shape index (κ1) is 16.8. The van der Waals surface area contributed by atoms with Gasteiger partial charge in [-0.2, -0.15) is 0 Å². The van der Waals surface area contributed by atoms with Gasteiger partial charge in [-0.15, -0.1) is 0 Å². The van der Waals surface area contributed by atoms with Crippen LogP contribution < -0.4 is 10.6 Å². The Hall–Kier alpha value is -1.30. The Balaban J connectivity index is 2.67. The summed E-state index contributed by atoms with van der Waals surface area (Å²) >= 11 is 11.9. The Morgan fingerprint density at radius 3 is 2.55 bits per heavy atom. The molecule has 0 saturated heterocycles. The van der Waals surface area contributed by atoms with E-state index in [0.29, 0.717) is 16.6 Å². The molecule has 0 unspecified atom stereocenters. The van der Waals surface area contributed by atoms with Gasteiger partial charge in [0.15, 0.2) is 0 Å². The van der Waals surface area contributed by atoms with Gasteiger partial charge in [0, 0.05) is 23.6 Å². The van der Waals surface area contributed by atoms with Crippen LogP contribution in [0.1, 0.15) is 12.5 Å². The number of carbonyl (C=O) groups excluding carboxylic acids is 2. The molecule has 110 valence electrons. The third-order valence-corrected chi connectivity index (χ3v) is 3.53. The van der Waals surface area contributed by atoms with Crippen LogP contribution in [0.5, 0.6) is 0 Å². The van der Waals surface area contributed by atoms with E-state index in [4.69, 9.17) is 23.2 Å². The first-order chi connectivity index (χ1) is 9.35. The molecule has 1 aromatic rings. The SMILES string of the molecule is CNC(=O)NC(=O)[C@H](C)N(C)Cc1ccc(Cl)cc1Cl. The van der Waals surface area contributed by atoms with Crippen molar-refractivity contribution in [2.45, 2.75) is 19.5 Å². The second-order valence-electron chi connectivity index (χ2n) is 4.40. The van der Waals surface area contributed by atoms with Gasteiger partial charge in [0.05, 0.1) is 6.04 Å². The summed E-state index contributed by atoms with van der Waals surface area (Å²) in [6, 6.07) is 4.21. The van der Waals surface area contributed by atoms with Crippen molar-refractivity contribution < 1.29 is 9.59 Å². The van der Waals surface area contributed by atoms with E-state index >= 15 is 0 Å². The number of nitrogens with one attached hydrogen (secondary N) is 2. The highest BCUT2D eigenvalue weighted by molar-refractivity contribution is 6.35. The van der Waals surface area contributed by atoms with Gasteiger partial charge in [0.25, 0.3) is 0 Å². The molecule has 0 aromatic heterocycles. The first-order valence-electron chi connectivity index (χ1n) is 6.02. The van der Waals surface area contributed by atoms with Gasteiger partial charge in [-0.3, -0.25) is 15.0 Å². The first-order valence-corrected chi connectivity index (χ1v) is 6.77. The number of imide groups is 1. The molecule has 0 spiro atoms. The smallest absolute Gasteiger partial charge is 0.321 e. The summed E-state index contributed by atoms with van der Waals surface area (Å²) in [4.78, 5) is 24.7. The number of amides is 3.